The average molecular weight is 324 g/mol. The van der Waals surface area contributed by atoms with Gasteiger partial charge in [0.1, 0.15) is 12.3 Å². The molecule has 0 aromatic carbocycles. The first-order valence-corrected chi connectivity index (χ1v) is 6.97. The fraction of sp³-hybridized carbons (Fsp3) is 0.333. The zero-order valence-electron chi connectivity index (χ0n) is 11.5. The van der Waals surface area contributed by atoms with Crippen molar-refractivity contribution in [1.82, 2.24) is 29.9 Å². The Kier molecular flexibility index (Phi) is 2.89. The molecule has 0 saturated carbocycles. The molecule has 1 unspecified atom stereocenters. The number of anilines is 2. The molecule has 0 saturated heterocycles. The third-order valence-corrected chi connectivity index (χ3v) is 3.65. The van der Waals surface area contributed by atoms with Crippen LogP contribution in [0.1, 0.15) is 5.69 Å². The van der Waals surface area contributed by atoms with Gasteiger partial charge in [-0.05, 0) is 6.92 Å². The first-order valence-electron chi connectivity index (χ1n) is 6.59. The quantitative estimate of drug-likeness (QED) is 0.657. The highest BCUT2D eigenvalue weighted by atomic mass is 35.5. The Bertz CT molecular complexity index is 861. The van der Waals surface area contributed by atoms with Gasteiger partial charge >= 0.3 is 0 Å². The van der Waals surface area contributed by atoms with Crippen molar-refractivity contribution >= 4 is 34.3 Å². The Morgan fingerprint density at radius 1 is 1.50 bits per heavy atom. The summed E-state index contributed by atoms with van der Waals surface area (Å²) in [7, 11) is 0. The summed E-state index contributed by atoms with van der Waals surface area (Å²) >= 11 is 6.04. The topological polar surface area (TPSA) is 93.5 Å². The van der Waals surface area contributed by atoms with Crippen molar-refractivity contribution in [2.24, 2.45) is 0 Å². The zero-order valence-corrected chi connectivity index (χ0v) is 12.2. The first-order chi connectivity index (χ1) is 10.6. The number of ether oxygens (including phenoxy) is 1. The van der Waals surface area contributed by atoms with Gasteiger partial charge in [0, 0.05) is 6.20 Å². The highest BCUT2D eigenvalue weighted by molar-refractivity contribution is 6.34. The van der Waals surface area contributed by atoms with Crippen molar-refractivity contribution in [2.45, 2.75) is 19.6 Å². The van der Waals surface area contributed by atoms with Crippen molar-refractivity contribution in [3.8, 4) is 5.88 Å². The van der Waals surface area contributed by atoms with Gasteiger partial charge in [0.25, 0.3) is 5.88 Å². The molecule has 3 aromatic rings. The van der Waals surface area contributed by atoms with Crippen molar-refractivity contribution in [3.05, 3.63) is 17.0 Å². The predicted octanol–water partition coefficient (Wildman–Crippen LogP) is 1.99. The molecule has 2 bridgehead atoms. The summed E-state index contributed by atoms with van der Waals surface area (Å²) in [6, 6.07) is 0. The Morgan fingerprint density at radius 2 is 2.36 bits per heavy atom. The van der Waals surface area contributed by atoms with Crippen LogP contribution in [0.5, 0.6) is 5.88 Å². The van der Waals surface area contributed by atoms with E-state index in [2.05, 4.69) is 30.6 Å². The number of aromatic nitrogens is 6. The number of rotatable bonds is 0. The zero-order chi connectivity index (χ0) is 15.3. The van der Waals surface area contributed by atoms with E-state index < -0.39 is 6.17 Å². The Hall–Kier alpha value is -2.42. The van der Waals surface area contributed by atoms with Crippen LogP contribution in [0.25, 0.3) is 11.0 Å². The number of nitrogens with one attached hydrogen (secondary N) is 2. The molecule has 0 spiro atoms. The van der Waals surface area contributed by atoms with Crippen molar-refractivity contribution in [2.75, 3.05) is 11.9 Å². The van der Waals surface area contributed by atoms with Gasteiger partial charge in [-0.1, -0.05) is 11.6 Å². The fourth-order valence-electron chi connectivity index (χ4n) is 2.29. The minimum Gasteiger partial charge on any atom is -0.472 e. The molecule has 1 atom stereocenters. The SMILES string of the molecule is Cc1[nH]nc2c1Nc1ncc3c(Cl)nn(c3n1)CC(F)CO2. The molecular formula is C12H11ClFN7O. The third-order valence-electron chi connectivity index (χ3n) is 3.37. The molecule has 3 aromatic heterocycles. The Morgan fingerprint density at radius 3 is 3.23 bits per heavy atom. The largest absolute Gasteiger partial charge is 0.472 e. The minimum atomic E-state index is -1.28. The van der Waals surface area contributed by atoms with E-state index in [1.807, 2.05) is 6.92 Å². The molecule has 4 heterocycles. The minimum absolute atomic E-state index is 0.0155. The van der Waals surface area contributed by atoms with Crippen LogP contribution in [0, 0.1) is 6.92 Å². The van der Waals surface area contributed by atoms with Gasteiger partial charge in [0.15, 0.2) is 17.0 Å². The van der Waals surface area contributed by atoms with Gasteiger partial charge in [0.2, 0.25) is 5.95 Å². The predicted molar refractivity (Wildman–Crippen MR) is 77.3 cm³/mol. The summed E-state index contributed by atoms with van der Waals surface area (Å²) in [5.74, 6) is 0.610. The standard InChI is InChI=1S/C12H11ClFN7O/c1-5-8-11(19-18-5)22-4-6(14)3-21-10-7(9(13)20-21)2-15-12(16-8)17-10/h2,6H,3-4H2,1H3,(H,18,19)(H,15,16,17). The average Bonchev–Trinajstić information content (AvgIpc) is 2.98. The van der Waals surface area contributed by atoms with Crippen LogP contribution in [0.2, 0.25) is 5.15 Å². The van der Waals surface area contributed by atoms with Crippen molar-refractivity contribution in [1.29, 1.82) is 0 Å². The number of aryl methyl sites for hydroxylation is 1. The maximum absolute atomic E-state index is 14.1. The number of alkyl halides is 1. The number of H-pyrrole nitrogens is 1. The monoisotopic (exact) mass is 323 g/mol. The van der Waals surface area contributed by atoms with Gasteiger partial charge in [-0.15, -0.1) is 5.10 Å². The highest BCUT2D eigenvalue weighted by Crippen LogP contribution is 2.30. The number of nitrogens with zero attached hydrogens (tertiary/aromatic N) is 5. The fourth-order valence-corrected chi connectivity index (χ4v) is 2.51. The van der Waals surface area contributed by atoms with E-state index in [0.29, 0.717) is 22.7 Å². The molecule has 0 aliphatic carbocycles. The highest BCUT2D eigenvalue weighted by Gasteiger charge is 2.21. The molecular weight excluding hydrogens is 313 g/mol. The number of aromatic amines is 1. The lowest BCUT2D eigenvalue weighted by Gasteiger charge is -2.09. The maximum Gasteiger partial charge on any atom is 0.257 e. The van der Waals surface area contributed by atoms with E-state index in [-0.39, 0.29) is 24.2 Å². The van der Waals surface area contributed by atoms with Crippen LogP contribution in [0.3, 0.4) is 0 Å². The lowest BCUT2D eigenvalue weighted by molar-refractivity contribution is 0.172. The van der Waals surface area contributed by atoms with E-state index in [0.717, 1.165) is 5.69 Å². The first kappa shape index (κ1) is 13.3. The molecule has 114 valence electrons. The number of hydrogen-bond acceptors (Lipinski definition) is 6. The normalized spacial score (nSPS) is 17.7. The van der Waals surface area contributed by atoms with Crippen LogP contribution < -0.4 is 10.1 Å². The molecule has 0 fully saturated rings. The van der Waals surface area contributed by atoms with Gasteiger partial charge in [-0.3, -0.25) is 5.10 Å². The van der Waals surface area contributed by atoms with Gasteiger partial charge in [-0.2, -0.15) is 10.1 Å². The van der Waals surface area contributed by atoms with E-state index in [1.165, 1.54) is 4.68 Å². The van der Waals surface area contributed by atoms with Gasteiger partial charge in [-0.25, -0.2) is 14.1 Å². The smallest absolute Gasteiger partial charge is 0.257 e. The van der Waals surface area contributed by atoms with Gasteiger partial charge < -0.3 is 10.1 Å². The molecule has 0 radical (unpaired) electrons. The second-order valence-electron chi connectivity index (χ2n) is 4.97. The van der Waals surface area contributed by atoms with Crippen LogP contribution in [-0.2, 0) is 6.54 Å². The number of hydrogen-bond donors (Lipinski definition) is 2. The summed E-state index contributed by atoms with van der Waals surface area (Å²) in [5.41, 5.74) is 1.78. The lowest BCUT2D eigenvalue weighted by Crippen LogP contribution is -2.20. The third kappa shape index (κ3) is 2.05. The molecule has 22 heavy (non-hydrogen) atoms. The summed E-state index contributed by atoms with van der Waals surface area (Å²) < 4.78 is 21.0. The van der Waals surface area contributed by atoms with E-state index in [1.54, 1.807) is 6.20 Å². The second kappa shape index (κ2) is 4.80. The van der Waals surface area contributed by atoms with Crippen LogP contribution in [-0.4, -0.2) is 42.7 Å². The maximum atomic E-state index is 14.1. The summed E-state index contributed by atoms with van der Waals surface area (Å²) in [4.78, 5) is 8.56. The summed E-state index contributed by atoms with van der Waals surface area (Å²) in [6.07, 6.45) is 0.276. The molecule has 10 heteroatoms. The summed E-state index contributed by atoms with van der Waals surface area (Å²) in [6.45, 7) is 1.65. The van der Waals surface area contributed by atoms with Crippen molar-refractivity contribution in [3.63, 3.8) is 0 Å². The molecule has 1 aliphatic rings. The lowest BCUT2D eigenvalue weighted by atomic mass is 10.4. The second-order valence-corrected chi connectivity index (χ2v) is 5.32. The van der Waals surface area contributed by atoms with Crippen LogP contribution >= 0.6 is 11.6 Å². The Balaban J connectivity index is 1.90. The molecule has 0 amide bonds. The van der Waals surface area contributed by atoms with Gasteiger partial charge in [0.05, 0.1) is 17.6 Å². The number of fused-ring (bicyclic) bond motifs is 2. The van der Waals surface area contributed by atoms with E-state index in [4.69, 9.17) is 16.3 Å². The van der Waals surface area contributed by atoms with Crippen LogP contribution in [0.4, 0.5) is 16.0 Å². The molecule has 4 rings (SSSR count). The van der Waals surface area contributed by atoms with Crippen molar-refractivity contribution < 1.29 is 9.13 Å². The molecule has 1 aliphatic heterocycles. The summed E-state index contributed by atoms with van der Waals surface area (Å²) in [5, 5.41) is 14.7. The Labute approximate surface area is 128 Å². The van der Waals surface area contributed by atoms with E-state index >= 15 is 0 Å². The molecule has 2 N–H and O–H groups in total. The number of halogens is 2. The van der Waals surface area contributed by atoms with Crippen LogP contribution in [0.15, 0.2) is 6.20 Å². The molecule has 8 nitrogen and oxygen atoms in total. The van der Waals surface area contributed by atoms with E-state index in [9.17, 15) is 4.39 Å².